The molecule has 3 atom stereocenters. The van der Waals surface area contributed by atoms with Gasteiger partial charge in [0.1, 0.15) is 5.92 Å². The van der Waals surface area contributed by atoms with Crippen molar-refractivity contribution < 1.29 is 27.2 Å². The number of amides is 2. The van der Waals surface area contributed by atoms with Crippen molar-refractivity contribution >= 4 is 17.5 Å². The predicted octanol–water partition coefficient (Wildman–Crippen LogP) is 5.51. The number of hydrogen-bond donors (Lipinski definition) is 2. The highest BCUT2D eigenvalue weighted by molar-refractivity contribution is 5.85. The highest BCUT2D eigenvalue weighted by Gasteiger charge is 2.84. The fourth-order valence-corrected chi connectivity index (χ4v) is 6.78. The molecule has 0 radical (unpaired) electrons. The second kappa shape index (κ2) is 9.44. The van der Waals surface area contributed by atoms with E-state index in [1.165, 1.54) is 0 Å². The minimum absolute atomic E-state index is 0.0173. The first-order valence-electron chi connectivity index (χ1n) is 14.3. The first kappa shape index (κ1) is 26.5. The molecule has 2 aromatic heterocycles. The van der Waals surface area contributed by atoms with Crippen LogP contribution >= 0.6 is 0 Å². The van der Waals surface area contributed by atoms with Crippen LogP contribution in [0.5, 0.6) is 0 Å². The molecule has 2 aromatic rings. The topological polar surface area (TPSA) is 88.4 Å². The van der Waals surface area contributed by atoms with Crippen molar-refractivity contribution in [2.24, 2.45) is 23.2 Å². The Bertz CT molecular complexity index is 1260. The van der Waals surface area contributed by atoms with Crippen LogP contribution in [0.4, 0.5) is 17.6 Å². The van der Waals surface area contributed by atoms with Gasteiger partial charge in [0.05, 0.1) is 35.6 Å². The lowest BCUT2D eigenvalue weighted by atomic mass is 9.78. The number of hydrogen-bond acceptors (Lipinski definition) is 4. The normalized spacial score (nSPS) is 26.5. The summed E-state index contributed by atoms with van der Waals surface area (Å²) in [5.41, 5.74) is 0.503. The monoisotopic (exact) mass is 549 g/mol. The Morgan fingerprint density at radius 2 is 1.72 bits per heavy atom. The van der Waals surface area contributed by atoms with Gasteiger partial charge in [-0.2, -0.15) is 5.10 Å². The van der Waals surface area contributed by atoms with Crippen LogP contribution in [0.1, 0.15) is 101 Å². The van der Waals surface area contributed by atoms with Crippen molar-refractivity contribution in [1.82, 2.24) is 25.2 Å². The van der Waals surface area contributed by atoms with E-state index in [9.17, 15) is 27.2 Å². The molecule has 2 amide bonds. The van der Waals surface area contributed by atoms with E-state index in [0.717, 1.165) is 24.8 Å². The van der Waals surface area contributed by atoms with Gasteiger partial charge in [-0.3, -0.25) is 9.59 Å². The number of aromatic nitrogens is 3. The summed E-state index contributed by atoms with van der Waals surface area (Å²) in [6, 6.07) is 0.905. The largest absolute Gasteiger partial charge is 0.349 e. The van der Waals surface area contributed by atoms with Crippen molar-refractivity contribution in [3.05, 3.63) is 29.7 Å². The van der Waals surface area contributed by atoms with Gasteiger partial charge in [-0.05, 0) is 68.4 Å². The van der Waals surface area contributed by atoms with E-state index in [4.69, 9.17) is 4.98 Å². The summed E-state index contributed by atoms with van der Waals surface area (Å²) in [6.45, 7) is 1.95. The third kappa shape index (κ3) is 4.69. The maximum atomic E-state index is 14.6. The highest BCUT2D eigenvalue weighted by Crippen LogP contribution is 2.75. The Balaban J connectivity index is 1.27. The molecule has 0 aliphatic heterocycles. The van der Waals surface area contributed by atoms with E-state index in [-0.39, 0.29) is 43.6 Å². The molecule has 7 nitrogen and oxygen atoms in total. The molecule has 0 bridgehead atoms. The van der Waals surface area contributed by atoms with Gasteiger partial charge in [-0.25, -0.2) is 27.1 Å². The van der Waals surface area contributed by atoms with Crippen molar-refractivity contribution in [3.63, 3.8) is 0 Å². The molecule has 4 saturated carbocycles. The summed E-state index contributed by atoms with van der Waals surface area (Å²) in [5.74, 6) is -7.93. The molecule has 1 spiro atoms. The van der Waals surface area contributed by atoms with Crippen molar-refractivity contribution in [3.8, 4) is 0 Å². The number of imidazole rings is 1. The van der Waals surface area contributed by atoms with Crippen LogP contribution in [0, 0.1) is 23.2 Å². The van der Waals surface area contributed by atoms with Gasteiger partial charge in [0.25, 0.3) is 5.92 Å². The summed E-state index contributed by atoms with van der Waals surface area (Å²) in [7, 11) is 0. The molecule has 4 aliphatic carbocycles. The smallest absolute Gasteiger partial charge is 0.266 e. The molecule has 0 unspecified atom stereocenters. The maximum Gasteiger partial charge on any atom is 0.266 e. The number of carbonyl (C=O) groups excluding carboxylic acids is 2. The van der Waals surface area contributed by atoms with Crippen molar-refractivity contribution in [1.29, 1.82) is 0 Å². The molecule has 39 heavy (non-hydrogen) atoms. The Morgan fingerprint density at radius 1 is 1.03 bits per heavy atom. The van der Waals surface area contributed by atoms with Crippen LogP contribution in [-0.4, -0.2) is 38.3 Å². The quantitative estimate of drug-likeness (QED) is 0.404. The third-order valence-corrected chi connectivity index (χ3v) is 9.46. The number of fused-ring (bicyclic) bond motifs is 1. The standard InChI is InChI=1S/C28H35F4N5O2/c1-2-4-21(38)35-22(16-5-6-16)18-13-20-34-19(15-37(20)33-14-18)23(17-7-11-27(29,30)12-8-17)36-25(39)24-26(9-3-10-26)28(24,31)32/h13-17,22-24H,2-12H2,1H3,(H,35,38)(H,36,39)/t22-,23+,24-/m1/s1. The van der Waals surface area contributed by atoms with Gasteiger partial charge in [0, 0.05) is 19.3 Å². The molecular formula is C28H35F4N5O2. The van der Waals surface area contributed by atoms with Crippen LogP contribution in [0.3, 0.4) is 0 Å². The number of nitrogens with zero attached hydrogens (tertiary/aromatic N) is 3. The Morgan fingerprint density at radius 3 is 2.31 bits per heavy atom. The highest BCUT2D eigenvalue weighted by atomic mass is 19.3. The molecule has 2 heterocycles. The van der Waals surface area contributed by atoms with Crippen LogP contribution in [0.25, 0.3) is 5.65 Å². The van der Waals surface area contributed by atoms with Crippen LogP contribution < -0.4 is 10.6 Å². The van der Waals surface area contributed by atoms with Gasteiger partial charge < -0.3 is 10.6 Å². The molecule has 2 N–H and O–H groups in total. The van der Waals surface area contributed by atoms with E-state index < -0.39 is 35.1 Å². The first-order valence-corrected chi connectivity index (χ1v) is 14.3. The summed E-state index contributed by atoms with van der Waals surface area (Å²) < 4.78 is 58.7. The summed E-state index contributed by atoms with van der Waals surface area (Å²) in [6.07, 6.45) is 7.56. The molecular weight excluding hydrogens is 514 g/mol. The fourth-order valence-electron chi connectivity index (χ4n) is 6.78. The van der Waals surface area contributed by atoms with Gasteiger partial charge in [0.2, 0.25) is 17.7 Å². The third-order valence-electron chi connectivity index (χ3n) is 9.46. The average molecular weight is 550 g/mol. The molecule has 4 aliphatic rings. The van der Waals surface area contributed by atoms with Crippen molar-refractivity contribution in [2.45, 2.75) is 101 Å². The molecule has 6 rings (SSSR count). The molecule has 212 valence electrons. The Labute approximate surface area is 224 Å². The number of rotatable bonds is 9. The molecule has 0 saturated heterocycles. The van der Waals surface area contributed by atoms with Gasteiger partial charge in [-0.15, -0.1) is 0 Å². The zero-order valence-corrected chi connectivity index (χ0v) is 22.1. The summed E-state index contributed by atoms with van der Waals surface area (Å²) in [5, 5.41) is 10.4. The van der Waals surface area contributed by atoms with Gasteiger partial charge in [-0.1, -0.05) is 13.3 Å². The fraction of sp³-hybridized carbons (Fsp3) is 0.714. The van der Waals surface area contributed by atoms with E-state index in [1.54, 1.807) is 16.9 Å². The summed E-state index contributed by atoms with van der Waals surface area (Å²) >= 11 is 0. The zero-order chi connectivity index (χ0) is 27.6. The lowest BCUT2D eigenvalue weighted by Crippen LogP contribution is -2.39. The number of alkyl halides is 4. The van der Waals surface area contributed by atoms with Gasteiger partial charge in [0.15, 0.2) is 5.65 Å². The second-order valence-corrected chi connectivity index (χ2v) is 12.1. The Kier molecular flexibility index (Phi) is 6.41. The van der Waals surface area contributed by atoms with E-state index in [2.05, 4.69) is 15.7 Å². The number of carbonyl (C=O) groups is 2. The van der Waals surface area contributed by atoms with E-state index >= 15 is 0 Å². The SMILES string of the molecule is CCCC(=O)N[C@@H](c1cnn2cc([C@@H](NC(=O)[C@H]3C(F)(F)C34CCC4)C3CCC(F)(F)CC3)nc2c1)C1CC1. The van der Waals surface area contributed by atoms with Crippen molar-refractivity contribution in [2.75, 3.05) is 0 Å². The minimum Gasteiger partial charge on any atom is -0.349 e. The second-order valence-electron chi connectivity index (χ2n) is 12.1. The van der Waals surface area contributed by atoms with Crippen LogP contribution in [0.2, 0.25) is 0 Å². The molecule has 4 fully saturated rings. The van der Waals surface area contributed by atoms with E-state index in [1.807, 2.05) is 13.0 Å². The van der Waals surface area contributed by atoms with E-state index in [0.29, 0.717) is 42.9 Å². The van der Waals surface area contributed by atoms with Gasteiger partial charge >= 0.3 is 0 Å². The zero-order valence-electron chi connectivity index (χ0n) is 22.1. The molecule has 11 heteroatoms. The maximum absolute atomic E-state index is 14.6. The first-order chi connectivity index (χ1) is 18.5. The van der Waals surface area contributed by atoms with Crippen LogP contribution in [0.15, 0.2) is 18.5 Å². The predicted molar refractivity (Wildman–Crippen MR) is 134 cm³/mol. The summed E-state index contributed by atoms with van der Waals surface area (Å²) in [4.78, 5) is 30.2. The number of nitrogens with one attached hydrogen (secondary N) is 2. The minimum atomic E-state index is -3.03. The number of halogens is 4. The Hall–Kier alpha value is -2.72. The van der Waals surface area contributed by atoms with Crippen LogP contribution in [-0.2, 0) is 9.59 Å². The average Bonchev–Trinajstić information content (AvgIpc) is 3.73. The lowest BCUT2D eigenvalue weighted by Gasteiger charge is -2.33. The lowest BCUT2D eigenvalue weighted by molar-refractivity contribution is -0.126. The molecule has 0 aromatic carbocycles.